The van der Waals surface area contributed by atoms with Gasteiger partial charge in [0, 0.05) is 13.7 Å². The van der Waals surface area contributed by atoms with E-state index in [1.54, 1.807) is 7.11 Å². The van der Waals surface area contributed by atoms with Crippen LogP contribution in [0.25, 0.3) is 0 Å². The molecule has 158 valence electrons. The van der Waals surface area contributed by atoms with Gasteiger partial charge in [0.25, 0.3) is 0 Å². The lowest BCUT2D eigenvalue weighted by atomic mass is 10.5. The average molecular weight is 457 g/mol. The fraction of sp³-hybridized carbons (Fsp3) is 1.00. The minimum Gasteiger partial charge on any atom is -0.437 e. The topological polar surface area (TPSA) is 46.2 Å². The Labute approximate surface area is 168 Å². The molecule has 0 rings (SSSR count). The molecule has 0 spiro atoms. The van der Waals surface area contributed by atoms with E-state index in [-0.39, 0.29) is 0 Å². The standard InChI is InChI=1S/C16H44O5Si5/c1-13-25(11,19-23(6,7)8)21-26(12,16-14-15-17-2)20-24(9,10)18-22(3,4)5/h13-16H2,1-12H3/t25-,26+/m1/s1. The van der Waals surface area contributed by atoms with Crippen LogP contribution in [-0.4, -0.2) is 56.0 Å². The summed E-state index contributed by atoms with van der Waals surface area (Å²) in [6.45, 7) is 24.9. The van der Waals surface area contributed by atoms with Crippen LogP contribution < -0.4 is 0 Å². The Kier molecular flexibility index (Phi) is 10.4. The van der Waals surface area contributed by atoms with Crippen molar-refractivity contribution in [3.63, 3.8) is 0 Å². The van der Waals surface area contributed by atoms with E-state index in [1.807, 2.05) is 0 Å². The molecule has 0 radical (unpaired) electrons. The summed E-state index contributed by atoms with van der Waals surface area (Å²) in [5.41, 5.74) is 0. The van der Waals surface area contributed by atoms with Crippen LogP contribution in [0, 0.1) is 0 Å². The van der Waals surface area contributed by atoms with Crippen molar-refractivity contribution in [3.8, 4) is 0 Å². The van der Waals surface area contributed by atoms with Gasteiger partial charge in [0.1, 0.15) is 0 Å². The minimum atomic E-state index is -2.44. The number of ether oxygens (including phenoxy) is 1. The van der Waals surface area contributed by atoms with Gasteiger partial charge in [-0.05, 0) is 84.0 Å². The first-order valence-electron chi connectivity index (χ1n) is 9.74. The van der Waals surface area contributed by atoms with E-state index in [0.717, 1.165) is 25.1 Å². The first-order chi connectivity index (χ1) is 11.4. The molecule has 0 fully saturated rings. The largest absolute Gasteiger partial charge is 0.437 e. The van der Waals surface area contributed by atoms with Gasteiger partial charge in [0.05, 0.1) is 0 Å². The first kappa shape index (κ1) is 26.9. The quantitative estimate of drug-likeness (QED) is 0.265. The molecule has 0 unspecified atom stereocenters. The maximum absolute atomic E-state index is 6.83. The summed E-state index contributed by atoms with van der Waals surface area (Å²) in [4.78, 5) is 0. The molecule has 0 amide bonds. The molecule has 0 aromatic heterocycles. The summed E-state index contributed by atoms with van der Waals surface area (Å²) in [5.74, 6) is 0. The molecule has 2 atom stereocenters. The number of hydrogen-bond acceptors (Lipinski definition) is 5. The summed E-state index contributed by atoms with van der Waals surface area (Å²) >= 11 is 0. The zero-order chi connectivity index (χ0) is 20.9. The van der Waals surface area contributed by atoms with Crippen LogP contribution in [0.3, 0.4) is 0 Å². The Morgan fingerprint density at radius 3 is 1.50 bits per heavy atom. The van der Waals surface area contributed by atoms with Crippen molar-refractivity contribution < 1.29 is 21.2 Å². The predicted molar refractivity (Wildman–Crippen MR) is 124 cm³/mol. The van der Waals surface area contributed by atoms with Gasteiger partial charge < -0.3 is 21.2 Å². The zero-order valence-corrected chi connectivity index (χ0v) is 24.4. The van der Waals surface area contributed by atoms with E-state index >= 15 is 0 Å². The van der Waals surface area contributed by atoms with Crippen LogP contribution in [0.2, 0.25) is 77.6 Å². The summed E-state index contributed by atoms with van der Waals surface area (Å²) in [7, 11) is -8.60. The molecule has 0 saturated carbocycles. The van der Waals surface area contributed by atoms with E-state index in [2.05, 4.69) is 72.4 Å². The summed E-state index contributed by atoms with van der Waals surface area (Å²) < 4.78 is 31.8. The lowest BCUT2D eigenvalue weighted by Crippen LogP contribution is -2.60. The van der Waals surface area contributed by atoms with Crippen molar-refractivity contribution in [2.24, 2.45) is 0 Å². The molecule has 0 aromatic rings. The number of hydrogen-bond donors (Lipinski definition) is 0. The maximum Gasteiger partial charge on any atom is 0.317 e. The lowest BCUT2D eigenvalue weighted by molar-refractivity contribution is 0.194. The SMILES string of the molecule is CC[Si@](C)(O[Si](C)(C)C)O[Si@@](C)(CCCOC)O[Si](C)(C)O[Si](C)(C)C. The molecule has 10 heteroatoms. The van der Waals surface area contributed by atoms with Gasteiger partial charge in [-0.15, -0.1) is 0 Å². The van der Waals surface area contributed by atoms with Crippen molar-refractivity contribution in [2.75, 3.05) is 13.7 Å². The monoisotopic (exact) mass is 456 g/mol. The third kappa shape index (κ3) is 12.4. The van der Waals surface area contributed by atoms with Crippen LogP contribution in [0.15, 0.2) is 0 Å². The van der Waals surface area contributed by atoms with Crippen LogP contribution in [0.4, 0.5) is 0 Å². The van der Waals surface area contributed by atoms with Crippen molar-refractivity contribution in [3.05, 3.63) is 0 Å². The van der Waals surface area contributed by atoms with E-state index in [0.29, 0.717) is 0 Å². The normalized spacial score (nSPS) is 18.5. The highest BCUT2D eigenvalue weighted by Crippen LogP contribution is 2.30. The highest BCUT2D eigenvalue weighted by atomic mass is 28.5. The highest BCUT2D eigenvalue weighted by Gasteiger charge is 2.48. The second-order valence-electron chi connectivity index (χ2n) is 9.75. The zero-order valence-electron chi connectivity index (χ0n) is 19.4. The van der Waals surface area contributed by atoms with Gasteiger partial charge >= 0.3 is 25.7 Å². The smallest absolute Gasteiger partial charge is 0.317 e. The molecule has 0 N–H and O–H groups in total. The molecule has 0 aliphatic heterocycles. The molecule has 0 aromatic carbocycles. The van der Waals surface area contributed by atoms with Crippen LogP contribution in [0.5, 0.6) is 0 Å². The molecule has 0 saturated heterocycles. The fourth-order valence-corrected chi connectivity index (χ4v) is 26.5. The third-order valence-corrected chi connectivity index (χ3v) is 21.9. The molecule has 0 aliphatic rings. The van der Waals surface area contributed by atoms with Crippen molar-refractivity contribution in [1.29, 1.82) is 0 Å². The Hall–Kier alpha value is 0.884. The van der Waals surface area contributed by atoms with Crippen molar-refractivity contribution >= 4 is 42.3 Å². The van der Waals surface area contributed by atoms with E-state index in [4.69, 9.17) is 21.2 Å². The van der Waals surface area contributed by atoms with Gasteiger partial charge in [-0.1, -0.05) is 6.92 Å². The molecule has 0 heterocycles. The Balaban J connectivity index is 5.46. The molecule has 5 nitrogen and oxygen atoms in total. The highest BCUT2D eigenvalue weighted by molar-refractivity contribution is 6.90. The number of methoxy groups -OCH3 is 1. The van der Waals surface area contributed by atoms with E-state index in [1.165, 1.54) is 0 Å². The Bertz CT molecular complexity index is 424. The predicted octanol–water partition coefficient (Wildman–Crippen LogP) is 5.62. The van der Waals surface area contributed by atoms with E-state index < -0.39 is 42.3 Å². The van der Waals surface area contributed by atoms with Gasteiger partial charge in [0.2, 0.25) is 0 Å². The van der Waals surface area contributed by atoms with Gasteiger partial charge in [0.15, 0.2) is 16.6 Å². The van der Waals surface area contributed by atoms with E-state index in [9.17, 15) is 0 Å². The van der Waals surface area contributed by atoms with Crippen molar-refractivity contribution in [2.45, 2.75) is 90.9 Å². The third-order valence-electron chi connectivity index (χ3n) is 3.59. The Morgan fingerprint density at radius 2 is 1.12 bits per heavy atom. The lowest BCUT2D eigenvalue weighted by Gasteiger charge is -2.44. The second kappa shape index (κ2) is 10.1. The second-order valence-corrected chi connectivity index (χ2v) is 30.0. The van der Waals surface area contributed by atoms with Crippen LogP contribution >= 0.6 is 0 Å². The summed E-state index contributed by atoms with van der Waals surface area (Å²) in [6.07, 6.45) is 0.942. The van der Waals surface area contributed by atoms with Crippen LogP contribution in [-0.2, 0) is 21.2 Å². The molecular weight excluding hydrogens is 413 g/mol. The van der Waals surface area contributed by atoms with Gasteiger partial charge in [-0.25, -0.2) is 0 Å². The molecule has 0 aliphatic carbocycles. The fourth-order valence-electron chi connectivity index (χ4n) is 3.21. The molecule has 26 heavy (non-hydrogen) atoms. The van der Waals surface area contributed by atoms with Crippen molar-refractivity contribution in [1.82, 2.24) is 0 Å². The van der Waals surface area contributed by atoms with Gasteiger partial charge in [-0.2, -0.15) is 0 Å². The summed E-state index contributed by atoms with van der Waals surface area (Å²) in [6, 6.07) is 1.84. The maximum atomic E-state index is 6.83. The molecule has 0 bridgehead atoms. The van der Waals surface area contributed by atoms with Gasteiger partial charge in [-0.3, -0.25) is 0 Å². The van der Waals surface area contributed by atoms with Crippen LogP contribution in [0.1, 0.15) is 13.3 Å². The minimum absolute atomic E-state index is 0.728. The summed E-state index contributed by atoms with van der Waals surface area (Å²) in [5, 5.41) is 0. The Morgan fingerprint density at radius 1 is 0.615 bits per heavy atom. The number of rotatable bonds is 13. The first-order valence-corrected chi connectivity index (χ1v) is 24.4. The molecular formula is C16H44O5Si5. The average Bonchev–Trinajstić information content (AvgIpc) is 2.32.